The number of rotatable bonds is 4. The van der Waals surface area contributed by atoms with E-state index in [1.165, 1.54) is 13.9 Å². The molecule has 0 heterocycles. The van der Waals surface area contributed by atoms with Crippen LogP contribution in [-0.4, -0.2) is 44.8 Å². The van der Waals surface area contributed by atoms with Gasteiger partial charge in [0.2, 0.25) is 6.10 Å². The molecule has 0 saturated carbocycles. The Hall–Kier alpha value is -1.62. The van der Waals surface area contributed by atoms with E-state index in [1.807, 2.05) is 0 Å². The highest BCUT2D eigenvalue weighted by Crippen LogP contribution is 2.25. The van der Waals surface area contributed by atoms with Crippen molar-refractivity contribution in [1.82, 2.24) is 0 Å². The van der Waals surface area contributed by atoms with Gasteiger partial charge in [-0.15, -0.1) is 0 Å². The number of benzene rings is 1. The van der Waals surface area contributed by atoms with E-state index in [0.29, 0.717) is 5.46 Å². The molecule has 1 aromatic carbocycles. The van der Waals surface area contributed by atoms with Gasteiger partial charge in [0.05, 0.1) is 5.56 Å². The van der Waals surface area contributed by atoms with Crippen LogP contribution in [0.3, 0.4) is 0 Å². The summed E-state index contributed by atoms with van der Waals surface area (Å²) in [6.07, 6.45) is -8.33. The molecule has 0 fully saturated rings. The Labute approximate surface area is 118 Å². The molecule has 1 aromatic rings. The second-order valence-electron chi connectivity index (χ2n) is 4.17. The molecular weight excluding hydrogens is 319 g/mol. The van der Waals surface area contributed by atoms with Crippen LogP contribution in [0.2, 0.25) is 0 Å². The van der Waals surface area contributed by atoms with Gasteiger partial charge >= 0.3 is 12.1 Å². The molecule has 21 heavy (non-hydrogen) atoms. The summed E-state index contributed by atoms with van der Waals surface area (Å²) in [4.78, 5) is 11.5. The summed E-state index contributed by atoms with van der Waals surface area (Å²) in [7, 11) is -3.58. The highest BCUT2D eigenvalue weighted by atomic mass is 32.2. The SMILES string of the molecule is Bc1ccc(F)c(C(=O)OC(CS(=O)(=O)O)C(F)(F)F)c1. The molecule has 0 aromatic heterocycles. The molecule has 0 radical (unpaired) electrons. The van der Waals surface area contributed by atoms with Gasteiger partial charge in [0, 0.05) is 0 Å². The van der Waals surface area contributed by atoms with Crippen molar-refractivity contribution in [2.24, 2.45) is 0 Å². The predicted octanol–water partition coefficient (Wildman–Crippen LogP) is 0.0596. The lowest BCUT2D eigenvalue weighted by Crippen LogP contribution is -2.39. The Balaban J connectivity index is 3.03. The summed E-state index contributed by atoms with van der Waals surface area (Å²) >= 11 is 0. The summed E-state index contributed by atoms with van der Waals surface area (Å²) in [5.41, 5.74) is -0.374. The smallest absolute Gasteiger partial charge is 0.426 e. The Morgan fingerprint density at radius 2 is 1.95 bits per heavy atom. The summed E-state index contributed by atoms with van der Waals surface area (Å²) in [6, 6.07) is 3.10. The quantitative estimate of drug-likeness (QED) is 0.366. The molecule has 1 unspecified atom stereocenters. The van der Waals surface area contributed by atoms with Gasteiger partial charge in [-0.25, -0.2) is 9.18 Å². The van der Waals surface area contributed by atoms with E-state index in [1.54, 1.807) is 0 Å². The first kappa shape index (κ1) is 17.4. The van der Waals surface area contributed by atoms with E-state index in [4.69, 9.17) is 4.55 Å². The number of ether oxygens (including phenoxy) is 1. The minimum Gasteiger partial charge on any atom is -0.448 e. The summed E-state index contributed by atoms with van der Waals surface area (Å²) in [5, 5.41) is 0. The van der Waals surface area contributed by atoms with Crippen LogP contribution < -0.4 is 5.46 Å². The van der Waals surface area contributed by atoms with Gasteiger partial charge in [-0.3, -0.25) is 4.55 Å². The fourth-order valence-corrected chi connectivity index (χ4v) is 2.01. The largest absolute Gasteiger partial charge is 0.448 e. The van der Waals surface area contributed by atoms with Gasteiger partial charge < -0.3 is 4.74 Å². The topological polar surface area (TPSA) is 80.7 Å². The monoisotopic (exact) mass is 328 g/mol. The third-order valence-electron chi connectivity index (χ3n) is 2.32. The summed E-state index contributed by atoms with van der Waals surface area (Å²) in [5.74, 6) is -4.66. The first-order valence-electron chi connectivity index (χ1n) is 5.39. The number of hydrogen-bond donors (Lipinski definition) is 1. The summed E-state index contributed by atoms with van der Waals surface area (Å²) < 4.78 is 84.5. The fraction of sp³-hybridized carbons (Fsp3) is 0.300. The van der Waals surface area contributed by atoms with Crippen molar-refractivity contribution in [3.63, 3.8) is 0 Å². The number of carbonyl (C=O) groups is 1. The van der Waals surface area contributed by atoms with Crippen LogP contribution in [-0.2, 0) is 14.9 Å². The van der Waals surface area contributed by atoms with E-state index < -0.39 is 45.5 Å². The first-order valence-corrected chi connectivity index (χ1v) is 7.00. The van der Waals surface area contributed by atoms with Gasteiger partial charge in [0.15, 0.2) is 0 Å². The maximum absolute atomic E-state index is 13.4. The average molecular weight is 328 g/mol. The van der Waals surface area contributed by atoms with E-state index >= 15 is 0 Å². The molecule has 11 heteroatoms. The van der Waals surface area contributed by atoms with Crippen LogP contribution >= 0.6 is 0 Å². The van der Waals surface area contributed by atoms with E-state index in [-0.39, 0.29) is 0 Å². The Morgan fingerprint density at radius 3 is 2.43 bits per heavy atom. The average Bonchev–Trinajstić information content (AvgIpc) is 2.28. The third-order valence-corrected chi connectivity index (χ3v) is 3.04. The lowest BCUT2D eigenvalue weighted by Gasteiger charge is -2.19. The van der Waals surface area contributed by atoms with Crippen molar-refractivity contribution in [2.75, 3.05) is 5.75 Å². The molecule has 116 valence electrons. The molecule has 0 amide bonds. The minimum atomic E-state index is -5.23. The van der Waals surface area contributed by atoms with Gasteiger partial charge in [0.25, 0.3) is 10.1 Å². The normalized spacial score (nSPS) is 13.8. The second-order valence-corrected chi connectivity index (χ2v) is 5.66. The van der Waals surface area contributed by atoms with Crippen LogP contribution in [0.25, 0.3) is 0 Å². The zero-order chi connectivity index (χ0) is 16.4. The molecule has 1 rings (SSSR count). The molecule has 1 atom stereocenters. The summed E-state index contributed by atoms with van der Waals surface area (Å²) in [6.45, 7) is 0. The van der Waals surface area contributed by atoms with Crippen molar-refractivity contribution in [1.29, 1.82) is 0 Å². The van der Waals surface area contributed by atoms with E-state index in [2.05, 4.69) is 4.74 Å². The van der Waals surface area contributed by atoms with Crippen LogP contribution in [0.15, 0.2) is 18.2 Å². The Bertz CT molecular complexity index is 643. The third kappa shape index (κ3) is 5.35. The lowest BCUT2D eigenvalue weighted by molar-refractivity contribution is -0.197. The Morgan fingerprint density at radius 1 is 1.38 bits per heavy atom. The molecule has 0 spiro atoms. The maximum Gasteiger partial charge on any atom is 0.426 e. The van der Waals surface area contributed by atoms with E-state index in [0.717, 1.165) is 12.1 Å². The minimum absolute atomic E-state index is 0.390. The highest BCUT2D eigenvalue weighted by molar-refractivity contribution is 7.85. The van der Waals surface area contributed by atoms with Crippen LogP contribution in [0, 0.1) is 5.82 Å². The lowest BCUT2D eigenvalue weighted by atomic mass is 9.94. The van der Waals surface area contributed by atoms with Gasteiger partial charge in [0.1, 0.15) is 19.4 Å². The number of alkyl halides is 3. The molecular formula is C10H9BF4O5S. The van der Waals surface area contributed by atoms with Gasteiger partial charge in [-0.1, -0.05) is 17.6 Å². The van der Waals surface area contributed by atoms with Crippen LogP contribution in [0.4, 0.5) is 17.6 Å². The van der Waals surface area contributed by atoms with E-state index in [9.17, 15) is 30.8 Å². The molecule has 5 nitrogen and oxygen atoms in total. The van der Waals surface area contributed by atoms with Crippen molar-refractivity contribution in [3.05, 3.63) is 29.6 Å². The number of halogens is 4. The fourth-order valence-electron chi connectivity index (χ4n) is 1.37. The predicted molar refractivity (Wildman–Crippen MR) is 66.3 cm³/mol. The van der Waals surface area contributed by atoms with Crippen LogP contribution in [0.1, 0.15) is 10.4 Å². The Kier molecular flexibility index (Phi) is 5.00. The molecule has 0 aliphatic carbocycles. The van der Waals surface area contributed by atoms with Crippen molar-refractivity contribution in [2.45, 2.75) is 12.3 Å². The van der Waals surface area contributed by atoms with Crippen molar-refractivity contribution < 1.29 is 40.1 Å². The van der Waals surface area contributed by atoms with Gasteiger partial charge in [-0.2, -0.15) is 21.6 Å². The van der Waals surface area contributed by atoms with Crippen LogP contribution in [0.5, 0.6) is 0 Å². The zero-order valence-electron chi connectivity index (χ0n) is 10.5. The molecule has 0 aliphatic heterocycles. The molecule has 0 saturated heterocycles. The molecule has 0 bridgehead atoms. The number of esters is 1. The molecule has 1 N–H and O–H groups in total. The van der Waals surface area contributed by atoms with Gasteiger partial charge in [-0.05, 0) is 6.07 Å². The first-order chi connectivity index (χ1) is 9.40. The standard InChI is InChI=1S/C10H9BF4O5S/c11-5-1-2-7(12)6(3-5)9(16)20-8(10(13,14)15)4-21(17,18)19/h1-3,8H,4,11H2,(H,17,18,19). The number of carbonyl (C=O) groups excluding carboxylic acids is 1. The van der Waals surface area contributed by atoms with Crippen molar-refractivity contribution >= 4 is 29.4 Å². The second kappa shape index (κ2) is 6.02. The number of hydrogen-bond acceptors (Lipinski definition) is 4. The highest BCUT2D eigenvalue weighted by Gasteiger charge is 2.45. The molecule has 0 aliphatic rings. The zero-order valence-corrected chi connectivity index (χ0v) is 11.3. The maximum atomic E-state index is 13.4. The van der Waals surface area contributed by atoms with Crippen molar-refractivity contribution in [3.8, 4) is 0 Å².